The topological polar surface area (TPSA) is 78.9 Å². The first-order chi connectivity index (χ1) is 12.1. The molecular weight excluding hydrogens is 324 g/mol. The number of hydrogen-bond acceptors (Lipinski definition) is 6. The molecule has 0 aliphatic heterocycles. The minimum atomic E-state index is -0.877. The van der Waals surface area contributed by atoms with E-state index in [2.05, 4.69) is 0 Å². The third kappa shape index (κ3) is 6.10. The zero-order valence-corrected chi connectivity index (χ0v) is 13.7. The van der Waals surface area contributed by atoms with Gasteiger partial charge in [-0.2, -0.15) is 0 Å². The van der Waals surface area contributed by atoms with Gasteiger partial charge in [-0.1, -0.05) is 36.4 Å². The maximum Gasteiger partial charge on any atom is 0.338 e. The van der Waals surface area contributed by atoms with Gasteiger partial charge in [0.1, 0.15) is 13.2 Å². The van der Waals surface area contributed by atoms with Crippen molar-refractivity contribution in [1.82, 2.24) is 0 Å². The predicted octanol–water partition coefficient (Wildman–Crippen LogP) is 2.63. The summed E-state index contributed by atoms with van der Waals surface area (Å²) >= 11 is 0. The van der Waals surface area contributed by atoms with Crippen LogP contribution < -0.4 is 0 Å². The van der Waals surface area contributed by atoms with Gasteiger partial charge < -0.3 is 14.2 Å². The van der Waals surface area contributed by atoms with Crippen LogP contribution in [0.5, 0.6) is 0 Å². The minimum Gasteiger partial charge on any atom is -0.458 e. The first kappa shape index (κ1) is 18.2. The Balaban J connectivity index is 1.89. The van der Waals surface area contributed by atoms with E-state index in [1.807, 2.05) is 0 Å². The first-order valence-corrected chi connectivity index (χ1v) is 7.68. The summed E-state index contributed by atoms with van der Waals surface area (Å²) in [6.45, 7) is 0.801. The molecule has 0 unspecified atom stereocenters. The molecule has 0 bridgehead atoms. The Hall–Kier alpha value is -3.15. The fraction of sp³-hybridized carbons (Fsp3) is 0.211. The van der Waals surface area contributed by atoms with E-state index in [0.717, 1.165) is 0 Å². The van der Waals surface area contributed by atoms with Gasteiger partial charge in [0.25, 0.3) is 0 Å². The summed E-state index contributed by atoms with van der Waals surface area (Å²) in [5.74, 6) is -1.66. The normalized spacial score (nSPS) is 10.2. The number of esters is 3. The lowest BCUT2D eigenvalue weighted by molar-refractivity contribution is -0.151. The Morgan fingerprint density at radius 1 is 0.760 bits per heavy atom. The van der Waals surface area contributed by atoms with Gasteiger partial charge in [-0.15, -0.1) is 0 Å². The first-order valence-electron chi connectivity index (χ1n) is 7.68. The summed E-state index contributed by atoms with van der Waals surface area (Å²) in [4.78, 5) is 35.0. The van der Waals surface area contributed by atoms with Gasteiger partial charge >= 0.3 is 17.9 Å². The van der Waals surface area contributed by atoms with Gasteiger partial charge in [0.15, 0.2) is 6.10 Å². The van der Waals surface area contributed by atoms with Crippen LogP contribution in [0, 0.1) is 0 Å². The molecule has 0 radical (unpaired) electrons. The number of hydrogen-bond donors (Lipinski definition) is 0. The molecule has 0 amide bonds. The van der Waals surface area contributed by atoms with Crippen LogP contribution in [-0.2, 0) is 19.0 Å². The molecule has 0 atom stereocenters. The van der Waals surface area contributed by atoms with Crippen molar-refractivity contribution in [1.29, 1.82) is 0 Å². The molecule has 6 nitrogen and oxygen atoms in total. The van der Waals surface area contributed by atoms with Gasteiger partial charge in [-0.05, 0) is 24.3 Å². The molecule has 25 heavy (non-hydrogen) atoms. The summed E-state index contributed by atoms with van der Waals surface area (Å²) in [5.41, 5.74) is 0.760. The van der Waals surface area contributed by atoms with Crippen LogP contribution in [-0.4, -0.2) is 37.2 Å². The Labute approximate surface area is 145 Å². The number of rotatable bonds is 7. The lowest BCUT2D eigenvalue weighted by Crippen LogP contribution is -2.30. The van der Waals surface area contributed by atoms with Crippen molar-refractivity contribution >= 4 is 17.9 Å². The molecule has 0 spiro atoms. The van der Waals surface area contributed by atoms with Crippen molar-refractivity contribution in [3.63, 3.8) is 0 Å². The predicted molar refractivity (Wildman–Crippen MR) is 89.0 cm³/mol. The fourth-order valence-electron chi connectivity index (χ4n) is 2.00. The number of ether oxygens (including phenoxy) is 3. The van der Waals surface area contributed by atoms with E-state index < -0.39 is 24.0 Å². The minimum absolute atomic E-state index is 0.213. The molecule has 2 aromatic rings. The maximum absolute atomic E-state index is 11.9. The summed E-state index contributed by atoms with van der Waals surface area (Å²) in [6, 6.07) is 16.8. The van der Waals surface area contributed by atoms with Crippen LogP contribution in [0.4, 0.5) is 0 Å². The zero-order chi connectivity index (χ0) is 18.1. The van der Waals surface area contributed by atoms with Crippen LogP contribution in [0.3, 0.4) is 0 Å². The van der Waals surface area contributed by atoms with E-state index in [9.17, 15) is 14.4 Å². The standard InChI is InChI=1S/C19H18O6/c1-14(20)25-17(12-23-18(21)15-8-4-2-5-9-15)13-24-19(22)16-10-6-3-7-11-16/h2-11,17H,12-13H2,1H3. The highest BCUT2D eigenvalue weighted by Gasteiger charge is 2.19. The van der Waals surface area contributed by atoms with Crippen LogP contribution in [0.2, 0.25) is 0 Å². The molecule has 0 aliphatic carbocycles. The van der Waals surface area contributed by atoms with Crippen molar-refractivity contribution in [3.05, 3.63) is 71.8 Å². The average molecular weight is 342 g/mol. The van der Waals surface area contributed by atoms with E-state index in [1.54, 1.807) is 60.7 Å². The number of carbonyl (C=O) groups excluding carboxylic acids is 3. The molecule has 0 aliphatic rings. The molecule has 2 rings (SSSR count). The van der Waals surface area contributed by atoms with E-state index >= 15 is 0 Å². The van der Waals surface area contributed by atoms with E-state index in [0.29, 0.717) is 11.1 Å². The van der Waals surface area contributed by atoms with Gasteiger partial charge in [0.05, 0.1) is 11.1 Å². The zero-order valence-electron chi connectivity index (χ0n) is 13.7. The third-order valence-electron chi connectivity index (χ3n) is 3.15. The summed E-state index contributed by atoms with van der Waals surface area (Å²) in [5, 5.41) is 0. The molecule has 0 heterocycles. The fourth-order valence-corrected chi connectivity index (χ4v) is 2.00. The highest BCUT2D eigenvalue weighted by Crippen LogP contribution is 2.06. The smallest absolute Gasteiger partial charge is 0.338 e. The summed E-state index contributed by atoms with van der Waals surface area (Å²) in [7, 11) is 0. The molecule has 0 saturated heterocycles. The lowest BCUT2D eigenvalue weighted by atomic mass is 10.2. The van der Waals surface area contributed by atoms with Crippen molar-refractivity contribution in [2.24, 2.45) is 0 Å². The molecular formula is C19H18O6. The summed E-state index contributed by atoms with van der Waals surface area (Å²) in [6.07, 6.45) is -0.877. The number of benzene rings is 2. The Kier molecular flexibility index (Phi) is 6.71. The average Bonchev–Trinajstić information content (AvgIpc) is 2.64. The molecule has 130 valence electrons. The van der Waals surface area contributed by atoms with Crippen LogP contribution in [0.25, 0.3) is 0 Å². The van der Waals surface area contributed by atoms with Crippen molar-refractivity contribution < 1.29 is 28.6 Å². The van der Waals surface area contributed by atoms with Gasteiger partial charge in [0.2, 0.25) is 0 Å². The quantitative estimate of drug-likeness (QED) is 0.568. The monoisotopic (exact) mass is 342 g/mol. The maximum atomic E-state index is 11.9. The SMILES string of the molecule is CC(=O)OC(COC(=O)c1ccccc1)COC(=O)c1ccccc1. The second kappa shape index (κ2) is 9.22. The Morgan fingerprint density at radius 3 is 1.52 bits per heavy atom. The molecule has 0 fully saturated rings. The molecule has 6 heteroatoms. The van der Waals surface area contributed by atoms with E-state index in [1.165, 1.54) is 6.92 Å². The Bertz CT molecular complexity index is 656. The summed E-state index contributed by atoms with van der Waals surface area (Å²) < 4.78 is 15.3. The van der Waals surface area contributed by atoms with Gasteiger partial charge in [-0.25, -0.2) is 9.59 Å². The highest BCUT2D eigenvalue weighted by atomic mass is 16.6. The van der Waals surface area contributed by atoms with Crippen LogP contribution >= 0.6 is 0 Å². The second-order valence-corrected chi connectivity index (χ2v) is 5.16. The second-order valence-electron chi connectivity index (χ2n) is 5.16. The van der Waals surface area contributed by atoms with Gasteiger partial charge in [0, 0.05) is 6.92 Å². The molecule has 0 aromatic heterocycles. The van der Waals surface area contributed by atoms with Gasteiger partial charge in [-0.3, -0.25) is 4.79 Å². The van der Waals surface area contributed by atoms with E-state index in [-0.39, 0.29) is 13.2 Å². The largest absolute Gasteiger partial charge is 0.458 e. The van der Waals surface area contributed by atoms with Crippen molar-refractivity contribution in [2.45, 2.75) is 13.0 Å². The number of carbonyl (C=O) groups is 3. The van der Waals surface area contributed by atoms with Crippen molar-refractivity contribution in [3.8, 4) is 0 Å². The van der Waals surface area contributed by atoms with Crippen LogP contribution in [0.15, 0.2) is 60.7 Å². The lowest BCUT2D eigenvalue weighted by Gasteiger charge is -2.17. The highest BCUT2D eigenvalue weighted by molar-refractivity contribution is 5.89. The third-order valence-corrected chi connectivity index (χ3v) is 3.15. The molecule has 2 aromatic carbocycles. The van der Waals surface area contributed by atoms with Crippen molar-refractivity contribution in [2.75, 3.05) is 13.2 Å². The van der Waals surface area contributed by atoms with E-state index in [4.69, 9.17) is 14.2 Å². The molecule has 0 saturated carbocycles. The molecule has 0 N–H and O–H groups in total. The Morgan fingerprint density at radius 2 is 1.16 bits per heavy atom. The van der Waals surface area contributed by atoms with Crippen LogP contribution in [0.1, 0.15) is 27.6 Å².